The normalized spacial score (nSPS) is 18.4. The van der Waals surface area contributed by atoms with Gasteiger partial charge in [0.05, 0.1) is 19.8 Å². The summed E-state index contributed by atoms with van der Waals surface area (Å²) < 4.78 is 16.8. The lowest BCUT2D eigenvalue weighted by Gasteiger charge is -2.35. The highest BCUT2D eigenvalue weighted by Crippen LogP contribution is 2.32. The average Bonchev–Trinajstić information content (AvgIpc) is 3.31. The lowest BCUT2D eigenvalue weighted by molar-refractivity contribution is -0.145. The SMILES string of the molecule is COc1cc(-c2ccc(NC3(C(=O)O)CCOCC3)cc2COC2CCCC2)cc(=O)[nH]1. The van der Waals surface area contributed by atoms with Gasteiger partial charge in [0, 0.05) is 43.9 Å². The number of anilines is 1. The van der Waals surface area contributed by atoms with Crippen molar-refractivity contribution < 1.29 is 24.1 Å². The molecule has 2 aromatic rings. The first-order chi connectivity index (χ1) is 15.5. The van der Waals surface area contributed by atoms with E-state index in [4.69, 9.17) is 14.2 Å². The maximum absolute atomic E-state index is 12.1. The zero-order chi connectivity index (χ0) is 22.6. The molecule has 172 valence electrons. The number of hydrogen-bond donors (Lipinski definition) is 3. The maximum Gasteiger partial charge on any atom is 0.329 e. The van der Waals surface area contributed by atoms with E-state index in [9.17, 15) is 14.7 Å². The van der Waals surface area contributed by atoms with Crippen molar-refractivity contribution in [3.8, 4) is 17.0 Å². The number of nitrogens with one attached hydrogen (secondary N) is 2. The van der Waals surface area contributed by atoms with Gasteiger partial charge in [-0.1, -0.05) is 18.9 Å². The Kier molecular flexibility index (Phi) is 6.81. The number of hydrogen-bond acceptors (Lipinski definition) is 6. The molecule has 1 aliphatic heterocycles. The van der Waals surface area contributed by atoms with Crippen molar-refractivity contribution in [1.82, 2.24) is 4.98 Å². The summed E-state index contributed by atoms with van der Waals surface area (Å²) in [4.78, 5) is 26.8. The molecular weight excluding hydrogens is 412 g/mol. The third-order valence-electron chi connectivity index (χ3n) is 6.37. The molecule has 1 aromatic heterocycles. The Labute approximate surface area is 186 Å². The van der Waals surface area contributed by atoms with Crippen LogP contribution < -0.4 is 15.6 Å². The van der Waals surface area contributed by atoms with E-state index in [0.29, 0.717) is 44.2 Å². The summed E-state index contributed by atoms with van der Waals surface area (Å²) >= 11 is 0. The molecule has 0 bridgehead atoms. The minimum absolute atomic E-state index is 0.231. The van der Waals surface area contributed by atoms with Crippen LogP contribution in [0.3, 0.4) is 0 Å². The molecule has 8 nitrogen and oxygen atoms in total. The second-order valence-electron chi connectivity index (χ2n) is 8.52. The van der Waals surface area contributed by atoms with Gasteiger partial charge >= 0.3 is 5.97 Å². The number of ether oxygens (including phenoxy) is 3. The Morgan fingerprint density at radius 3 is 2.66 bits per heavy atom. The number of aromatic amines is 1. The number of methoxy groups -OCH3 is 1. The molecule has 0 spiro atoms. The maximum atomic E-state index is 12.1. The molecule has 3 N–H and O–H groups in total. The summed E-state index contributed by atoms with van der Waals surface area (Å²) in [6.45, 7) is 1.19. The van der Waals surface area contributed by atoms with Gasteiger partial charge in [-0.25, -0.2) is 4.79 Å². The Morgan fingerprint density at radius 1 is 1.22 bits per heavy atom. The Hall–Kier alpha value is -2.84. The van der Waals surface area contributed by atoms with Gasteiger partial charge in [0.25, 0.3) is 5.56 Å². The van der Waals surface area contributed by atoms with E-state index >= 15 is 0 Å². The van der Waals surface area contributed by atoms with Crippen LogP contribution in [-0.2, 0) is 20.9 Å². The predicted octanol–water partition coefficient (Wildman–Crippen LogP) is 3.56. The zero-order valence-corrected chi connectivity index (χ0v) is 18.3. The summed E-state index contributed by atoms with van der Waals surface area (Å²) in [5.41, 5.74) is 1.87. The van der Waals surface area contributed by atoms with Crippen LogP contribution in [0.1, 0.15) is 44.1 Å². The van der Waals surface area contributed by atoms with Crippen molar-refractivity contribution in [2.45, 2.75) is 56.8 Å². The molecule has 4 rings (SSSR count). The molecule has 0 unspecified atom stereocenters. The van der Waals surface area contributed by atoms with Gasteiger partial charge in [-0.2, -0.15) is 0 Å². The number of carboxylic acids is 1. The number of rotatable bonds is 8. The monoisotopic (exact) mass is 442 g/mol. The molecule has 1 aliphatic carbocycles. The third-order valence-corrected chi connectivity index (χ3v) is 6.37. The van der Waals surface area contributed by atoms with Crippen LogP contribution in [0.15, 0.2) is 35.1 Å². The van der Waals surface area contributed by atoms with Crippen LogP contribution in [-0.4, -0.2) is 48.0 Å². The average molecular weight is 443 g/mol. The van der Waals surface area contributed by atoms with Crippen molar-refractivity contribution in [3.63, 3.8) is 0 Å². The molecule has 0 radical (unpaired) electrons. The number of benzene rings is 1. The number of carbonyl (C=O) groups is 1. The minimum Gasteiger partial charge on any atom is -0.482 e. The van der Waals surface area contributed by atoms with E-state index in [2.05, 4.69) is 10.3 Å². The first-order valence-corrected chi connectivity index (χ1v) is 11.1. The van der Waals surface area contributed by atoms with E-state index in [0.717, 1.165) is 29.5 Å². The van der Waals surface area contributed by atoms with E-state index in [1.807, 2.05) is 18.2 Å². The van der Waals surface area contributed by atoms with E-state index in [1.54, 1.807) is 6.07 Å². The van der Waals surface area contributed by atoms with Crippen LogP contribution >= 0.6 is 0 Å². The first-order valence-electron chi connectivity index (χ1n) is 11.1. The van der Waals surface area contributed by atoms with Gasteiger partial charge in [0.2, 0.25) is 0 Å². The molecule has 32 heavy (non-hydrogen) atoms. The van der Waals surface area contributed by atoms with Gasteiger partial charge in [0.1, 0.15) is 5.54 Å². The lowest BCUT2D eigenvalue weighted by Crippen LogP contribution is -2.50. The molecule has 2 fully saturated rings. The molecule has 1 saturated heterocycles. The highest BCUT2D eigenvalue weighted by atomic mass is 16.5. The third kappa shape index (κ3) is 4.97. The highest BCUT2D eigenvalue weighted by molar-refractivity contribution is 5.83. The van der Waals surface area contributed by atoms with Gasteiger partial charge < -0.3 is 24.6 Å². The molecule has 2 aliphatic rings. The summed E-state index contributed by atoms with van der Waals surface area (Å²) in [6.07, 6.45) is 5.46. The van der Waals surface area contributed by atoms with Crippen molar-refractivity contribution in [2.75, 3.05) is 25.6 Å². The summed E-state index contributed by atoms with van der Waals surface area (Å²) in [6, 6.07) is 8.99. The Bertz CT molecular complexity index is 1010. The van der Waals surface area contributed by atoms with Gasteiger partial charge in [-0.15, -0.1) is 0 Å². The van der Waals surface area contributed by atoms with Crippen LogP contribution in [0.5, 0.6) is 5.88 Å². The van der Waals surface area contributed by atoms with Crippen molar-refractivity contribution in [1.29, 1.82) is 0 Å². The molecule has 2 heterocycles. The highest BCUT2D eigenvalue weighted by Gasteiger charge is 2.40. The van der Waals surface area contributed by atoms with Gasteiger partial charge in [-0.05, 0) is 41.7 Å². The number of aliphatic carboxylic acids is 1. The van der Waals surface area contributed by atoms with E-state index < -0.39 is 11.5 Å². The van der Waals surface area contributed by atoms with Crippen LogP contribution in [0.4, 0.5) is 5.69 Å². The summed E-state index contributed by atoms with van der Waals surface area (Å²) in [5, 5.41) is 13.1. The second-order valence-corrected chi connectivity index (χ2v) is 8.52. The molecule has 0 amide bonds. The molecule has 8 heteroatoms. The van der Waals surface area contributed by atoms with Crippen molar-refractivity contribution in [3.05, 3.63) is 46.2 Å². The van der Waals surface area contributed by atoms with Crippen molar-refractivity contribution in [2.24, 2.45) is 0 Å². The second kappa shape index (κ2) is 9.75. The zero-order valence-electron chi connectivity index (χ0n) is 18.3. The quantitative estimate of drug-likeness (QED) is 0.573. The van der Waals surface area contributed by atoms with E-state index in [-0.39, 0.29) is 11.7 Å². The van der Waals surface area contributed by atoms with Crippen LogP contribution in [0.25, 0.3) is 11.1 Å². The number of aromatic nitrogens is 1. The first kappa shape index (κ1) is 22.4. The van der Waals surface area contributed by atoms with Crippen molar-refractivity contribution >= 4 is 11.7 Å². The predicted molar refractivity (Wildman–Crippen MR) is 120 cm³/mol. The topological polar surface area (TPSA) is 110 Å². The summed E-state index contributed by atoms with van der Waals surface area (Å²) in [7, 11) is 1.51. The van der Waals surface area contributed by atoms with E-state index in [1.165, 1.54) is 26.0 Å². The Balaban J connectivity index is 1.67. The number of H-pyrrole nitrogens is 1. The summed E-state index contributed by atoms with van der Waals surface area (Å²) in [5.74, 6) is -0.502. The Morgan fingerprint density at radius 2 is 1.97 bits per heavy atom. The van der Waals surface area contributed by atoms with Crippen LogP contribution in [0, 0.1) is 0 Å². The van der Waals surface area contributed by atoms with Gasteiger partial charge in [0.15, 0.2) is 5.88 Å². The molecule has 0 atom stereocenters. The fourth-order valence-corrected chi connectivity index (χ4v) is 4.51. The van der Waals surface area contributed by atoms with Crippen LogP contribution in [0.2, 0.25) is 0 Å². The number of carboxylic acid groups (broad SMARTS) is 1. The fraction of sp³-hybridized carbons (Fsp3) is 0.500. The fourth-order valence-electron chi connectivity index (χ4n) is 4.51. The van der Waals surface area contributed by atoms with Gasteiger partial charge in [-0.3, -0.25) is 9.78 Å². The standard InChI is InChI=1S/C24H30N2O6/c1-30-22-14-16(13-21(27)25-22)20-7-6-18(12-17(20)15-32-19-4-2-3-5-19)26-24(23(28)29)8-10-31-11-9-24/h6-7,12-14,19,26H,2-5,8-11,15H2,1H3,(H,25,27)(H,28,29). The molecule has 1 aromatic carbocycles. The lowest BCUT2D eigenvalue weighted by atomic mass is 9.89. The largest absolute Gasteiger partial charge is 0.482 e. The molecule has 1 saturated carbocycles. The smallest absolute Gasteiger partial charge is 0.329 e. The minimum atomic E-state index is -1.06. The number of pyridine rings is 1. The molecular formula is C24H30N2O6.